The molecule has 0 fully saturated rings. The van der Waals surface area contributed by atoms with Crippen molar-refractivity contribution in [3.05, 3.63) is 60.3 Å². The molecule has 0 aliphatic carbocycles. The van der Waals surface area contributed by atoms with Crippen molar-refractivity contribution in [1.82, 2.24) is 36.3 Å². The van der Waals surface area contributed by atoms with Crippen molar-refractivity contribution in [3.63, 3.8) is 0 Å². The van der Waals surface area contributed by atoms with E-state index in [-0.39, 0.29) is 77.3 Å². The minimum Gasteiger partial charge on any atom is -0.491 e. The Balaban J connectivity index is 0.959. The molecule has 1 atom stereocenters. The van der Waals surface area contributed by atoms with Crippen LogP contribution in [-0.4, -0.2) is 208 Å². The summed E-state index contributed by atoms with van der Waals surface area (Å²) < 4.78 is 77.4. The molecule has 0 saturated carbocycles. The van der Waals surface area contributed by atoms with Crippen LogP contribution in [0.15, 0.2) is 57.4 Å². The van der Waals surface area contributed by atoms with Gasteiger partial charge in [-0.3, -0.25) is 19.2 Å². The molecule has 3 N–H and O–H groups in total. The van der Waals surface area contributed by atoms with E-state index < -0.39 is 17.9 Å². The molecule has 25 nitrogen and oxygen atoms in total. The molecule has 0 saturated heterocycles. The summed E-state index contributed by atoms with van der Waals surface area (Å²) in [5, 5.41) is 23.7. The summed E-state index contributed by atoms with van der Waals surface area (Å²) in [7, 11) is 0. The van der Waals surface area contributed by atoms with E-state index >= 15 is 0 Å². The van der Waals surface area contributed by atoms with E-state index in [1.165, 1.54) is 6.92 Å². The molecule has 2 heterocycles. The third kappa shape index (κ3) is 29.9. The summed E-state index contributed by atoms with van der Waals surface area (Å²) in [6.45, 7) is 12.0. The number of Topliss-reactive ketones (excluding diaryl/α,β-unsaturated/α-hetero) is 1. The lowest BCUT2D eigenvalue weighted by Gasteiger charge is -2.19. The molecule has 0 aliphatic heterocycles. The van der Waals surface area contributed by atoms with Gasteiger partial charge in [-0.15, -0.1) is 20.4 Å². The number of ketones is 1. The molecule has 0 radical (unpaired) electrons. The average molecular weight is 1070 g/mol. The van der Waals surface area contributed by atoms with Crippen molar-refractivity contribution in [1.29, 1.82) is 0 Å². The molecular weight excluding hydrogens is 999 g/mol. The summed E-state index contributed by atoms with van der Waals surface area (Å²) in [5.74, 6) is 2.05. The van der Waals surface area contributed by atoms with Gasteiger partial charge in [-0.2, -0.15) is 0 Å². The van der Waals surface area contributed by atoms with Gasteiger partial charge in [0.05, 0.1) is 132 Å². The third-order valence-electron chi connectivity index (χ3n) is 10.1. The van der Waals surface area contributed by atoms with Gasteiger partial charge in [-0.25, -0.2) is 0 Å². The van der Waals surface area contributed by atoms with Crippen LogP contribution in [0.3, 0.4) is 0 Å². The van der Waals surface area contributed by atoms with Crippen molar-refractivity contribution in [2.75, 3.05) is 158 Å². The lowest BCUT2D eigenvalue weighted by Crippen LogP contribution is -2.53. The number of carbonyl (C=O) groups is 4. The van der Waals surface area contributed by atoms with Gasteiger partial charge in [0, 0.05) is 57.3 Å². The lowest BCUT2D eigenvalue weighted by atomic mass is 10.2. The Morgan fingerprint density at radius 2 is 0.789 bits per heavy atom. The second kappa shape index (κ2) is 40.3. The molecule has 76 heavy (non-hydrogen) atoms. The van der Waals surface area contributed by atoms with Crippen LogP contribution in [0.1, 0.15) is 38.0 Å². The molecule has 0 spiro atoms. The first-order valence-corrected chi connectivity index (χ1v) is 25.3. The number of ether oxygens (including phenoxy) is 12. The number of aromatic nitrogens is 4. The Morgan fingerprint density at radius 1 is 0.434 bits per heavy atom. The Morgan fingerprint density at radius 3 is 1.17 bits per heavy atom. The zero-order valence-corrected chi connectivity index (χ0v) is 43.9. The number of aryl methyl sites for hydroxylation is 2. The van der Waals surface area contributed by atoms with Crippen LogP contribution in [0, 0.1) is 13.8 Å². The average Bonchev–Trinajstić information content (AvgIpc) is 4.07. The van der Waals surface area contributed by atoms with Crippen LogP contribution < -0.4 is 25.4 Å². The lowest BCUT2D eigenvalue weighted by molar-refractivity contribution is -0.130. The standard InChI is InChI=1S/C51H75N7O18/c1-39(59)12-16-63-20-23-66-19-15-52-49(62)46(54-48(61)14-18-65-22-25-68-27-29-70-31-33-72-35-37-74-45-10-6-43(7-11-45)51-58-56-41(3)76-51)38-53-47(60)13-17-64-21-24-67-26-28-69-30-32-71-34-36-73-44-8-4-42(5-9-44)50-57-55-40(2)75-50/h4-11,46H,12-38H2,1-3H3,(H,52,62)(H,53,60)(H,54,61). The molecule has 25 heteroatoms. The minimum absolute atomic E-state index is 0.0267. The summed E-state index contributed by atoms with van der Waals surface area (Å²) in [6, 6.07) is 13.6. The van der Waals surface area contributed by atoms with Crippen LogP contribution >= 0.6 is 0 Å². The van der Waals surface area contributed by atoms with Crippen LogP contribution in [0.2, 0.25) is 0 Å². The van der Waals surface area contributed by atoms with E-state index in [0.717, 1.165) is 11.1 Å². The Bertz CT molecular complexity index is 2160. The SMILES string of the molecule is CC(=O)CCOCCOCCNC(=O)C(CNC(=O)CCOCCOCCOCCOCCOc1ccc(-c2nnc(C)o2)cc1)NC(=O)CCOCCOCCOCCOCCOc1ccc(-c2nnc(C)o2)cc1. The smallest absolute Gasteiger partial charge is 0.247 e. The maximum atomic E-state index is 13.1. The predicted molar refractivity (Wildman–Crippen MR) is 271 cm³/mol. The molecule has 0 bridgehead atoms. The Kier molecular flexibility index (Phi) is 33.1. The van der Waals surface area contributed by atoms with Gasteiger partial charge in [-0.05, 0) is 55.5 Å². The number of carbonyl (C=O) groups excluding carboxylic acids is 4. The topological polar surface area (TPSA) is 293 Å². The van der Waals surface area contributed by atoms with Gasteiger partial charge >= 0.3 is 0 Å². The molecule has 4 aromatic rings. The zero-order valence-electron chi connectivity index (χ0n) is 43.9. The molecule has 2 aromatic heterocycles. The summed E-state index contributed by atoms with van der Waals surface area (Å²) in [4.78, 5) is 49.6. The van der Waals surface area contributed by atoms with Crippen LogP contribution in [-0.2, 0) is 66.5 Å². The fraction of sp³-hybridized carbons (Fsp3) is 0.608. The highest BCUT2D eigenvalue weighted by molar-refractivity contribution is 5.88. The normalized spacial score (nSPS) is 11.6. The van der Waals surface area contributed by atoms with Crippen LogP contribution in [0.25, 0.3) is 22.9 Å². The fourth-order valence-electron chi connectivity index (χ4n) is 6.19. The number of nitrogens with one attached hydrogen (secondary N) is 3. The number of benzene rings is 2. The van der Waals surface area contributed by atoms with Gasteiger partial charge in [0.25, 0.3) is 0 Å². The fourth-order valence-corrected chi connectivity index (χ4v) is 6.19. The number of rotatable bonds is 47. The number of nitrogens with zero attached hydrogens (tertiary/aromatic N) is 4. The molecule has 1 unspecified atom stereocenters. The van der Waals surface area contributed by atoms with E-state index in [1.807, 2.05) is 48.5 Å². The molecule has 0 aliphatic rings. The molecule has 422 valence electrons. The van der Waals surface area contributed by atoms with Crippen LogP contribution in [0.5, 0.6) is 11.5 Å². The zero-order chi connectivity index (χ0) is 54.1. The molecule has 3 amide bonds. The first-order chi connectivity index (χ1) is 37.2. The second-order valence-electron chi connectivity index (χ2n) is 16.3. The largest absolute Gasteiger partial charge is 0.491 e. The Hall–Kier alpha value is -6.00. The number of amides is 3. The van der Waals surface area contributed by atoms with Gasteiger partial charge in [0.2, 0.25) is 41.3 Å². The summed E-state index contributed by atoms with van der Waals surface area (Å²) >= 11 is 0. The van der Waals surface area contributed by atoms with Crippen molar-refractivity contribution < 1.29 is 84.9 Å². The van der Waals surface area contributed by atoms with Crippen molar-refractivity contribution in [3.8, 4) is 34.4 Å². The van der Waals surface area contributed by atoms with E-state index in [9.17, 15) is 19.2 Å². The number of hydrogen-bond acceptors (Lipinski definition) is 22. The van der Waals surface area contributed by atoms with Gasteiger partial charge in [0.1, 0.15) is 36.5 Å². The maximum absolute atomic E-state index is 13.1. The highest BCUT2D eigenvalue weighted by atomic mass is 16.6. The van der Waals surface area contributed by atoms with Gasteiger partial charge in [0.15, 0.2) is 0 Å². The first kappa shape index (κ1) is 62.5. The first-order valence-electron chi connectivity index (χ1n) is 25.3. The Labute approximate surface area is 442 Å². The maximum Gasteiger partial charge on any atom is 0.247 e. The van der Waals surface area contributed by atoms with Crippen LogP contribution in [0.4, 0.5) is 0 Å². The molecule has 2 aromatic carbocycles. The van der Waals surface area contributed by atoms with E-state index in [4.69, 9.17) is 65.7 Å². The minimum atomic E-state index is -1.06. The monoisotopic (exact) mass is 1070 g/mol. The highest BCUT2D eigenvalue weighted by Crippen LogP contribution is 2.22. The second-order valence-corrected chi connectivity index (χ2v) is 16.3. The molecular formula is C51H75N7O18. The quantitative estimate of drug-likeness (QED) is 0.0536. The van der Waals surface area contributed by atoms with Crippen molar-refractivity contribution in [2.45, 2.75) is 46.1 Å². The third-order valence-corrected chi connectivity index (χ3v) is 10.1. The van der Waals surface area contributed by atoms with Crippen molar-refractivity contribution in [2.24, 2.45) is 0 Å². The van der Waals surface area contributed by atoms with E-state index in [2.05, 4.69) is 36.3 Å². The van der Waals surface area contributed by atoms with Gasteiger partial charge < -0.3 is 81.6 Å². The van der Waals surface area contributed by atoms with Gasteiger partial charge in [-0.1, -0.05) is 0 Å². The highest BCUT2D eigenvalue weighted by Gasteiger charge is 2.21. The number of hydrogen-bond donors (Lipinski definition) is 3. The van der Waals surface area contributed by atoms with Crippen molar-refractivity contribution >= 4 is 23.5 Å². The summed E-state index contributed by atoms with van der Waals surface area (Å²) in [5.41, 5.74) is 1.62. The van der Waals surface area contributed by atoms with E-state index in [0.29, 0.717) is 147 Å². The summed E-state index contributed by atoms with van der Waals surface area (Å²) in [6.07, 6.45) is 0.332. The predicted octanol–water partition coefficient (Wildman–Crippen LogP) is 2.50. The molecule has 4 rings (SSSR count). The van der Waals surface area contributed by atoms with E-state index in [1.54, 1.807) is 13.8 Å².